The first-order valence-corrected chi connectivity index (χ1v) is 10.0. The van der Waals surface area contributed by atoms with Crippen LogP contribution in [0.4, 0.5) is 5.69 Å². The van der Waals surface area contributed by atoms with Gasteiger partial charge in [-0.2, -0.15) is 0 Å². The van der Waals surface area contributed by atoms with Gasteiger partial charge in [-0.05, 0) is 17.7 Å². The zero-order valence-electron chi connectivity index (χ0n) is 15.5. The minimum atomic E-state index is -0.681. The number of para-hydroxylation sites is 1. The van der Waals surface area contributed by atoms with Gasteiger partial charge in [0.1, 0.15) is 5.56 Å². The summed E-state index contributed by atoms with van der Waals surface area (Å²) in [4.78, 5) is 32.7. The number of benzene rings is 2. The average molecular weight is 405 g/mol. The molecule has 0 saturated carbocycles. The highest BCUT2D eigenvalue weighted by molar-refractivity contribution is 7.99. The van der Waals surface area contributed by atoms with E-state index in [2.05, 4.69) is 11.6 Å². The zero-order chi connectivity index (χ0) is 20.4. The van der Waals surface area contributed by atoms with Gasteiger partial charge in [-0.15, -0.1) is 18.3 Å². The lowest BCUT2D eigenvalue weighted by Gasteiger charge is -2.16. The van der Waals surface area contributed by atoms with Crippen LogP contribution >= 0.6 is 11.8 Å². The number of aromatic amines is 1. The van der Waals surface area contributed by atoms with Gasteiger partial charge < -0.3 is 5.11 Å². The summed E-state index contributed by atoms with van der Waals surface area (Å²) in [6, 6.07) is 17.7. The van der Waals surface area contributed by atoms with Crippen LogP contribution in [0.15, 0.2) is 86.7 Å². The smallest absolute Gasteiger partial charge is 0.331 e. The molecule has 0 amide bonds. The van der Waals surface area contributed by atoms with Gasteiger partial charge in [0, 0.05) is 23.1 Å². The Labute approximate surface area is 171 Å². The van der Waals surface area contributed by atoms with E-state index in [-0.39, 0.29) is 17.4 Å². The van der Waals surface area contributed by atoms with Crippen LogP contribution in [-0.4, -0.2) is 20.4 Å². The molecule has 4 rings (SSSR count). The number of hydrogen-bond donors (Lipinski definition) is 2. The number of nitrogens with one attached hydrogen (secondary N) is 1. The summed E-state index contributed by atoms with van der Waals surface area (Å²) in [5, 5.41) is 10.7. The first-order valence-electron chi connectivity index (χ1n) is 9.14. The molecule has 0 radical (unpaired) electrons. The van der Waals surface area contributed by atoms with Crippen molar-refractivity contribution in [3.05, 3.63) is 99.2 Å². The molecule has 2 aromatic carbocycles. The maximum Gasteiger partial charge on any atom is 0.331 e. The van der Waals surface area contributed by atoms with Crippen LogP contribution in [0.1, 0.15) is 22.8 Å². The van der Waals surface area contributed by atoms with Gasteiger partial charge in [-0.1, -0.05) is 48.5 Å². The van der Waals surface area contributed by atoms with Crippen LogP contribution in [-0.2, 0) is 6.54 Å². The molecule has 1 aliphatic rings. The third-order valence-electron chi connectivity index (χ3n) is 4.71. The minimum absolute atomic E-state index is 0.00261. The van der Waals surface area contributed by atoms with Gasteiger partial charge in [0.25, 0.3) is 5.56 Å². The largest absolute Gasteiger partial charge is 0.494 e. The number of aliphatic imine (C=N–C) groups is 1. The second-order valence-electron chi connectivity index (χ2n) is 6.60. The molecule has 6 nitrogen and oxygen atoms in total. The number of thioether (sulfide) groups is 1. The molecule has 1 atom stereocenters. The SMILES string of the molecule is C=CCn1c(O)c(C2=Nc3ccccc3S[C@@H](c3ccccc3)C2)c(=O)[nH]c1=O. The van der Waals surface area contributed by atoms with Crippen LogP contribution in [0.25, 0.3) is 0 Å². The Bertz CT molecular complexity index is 1210. The number of aromatic hydroxyl groups is 1. The molecule has 146 valence electrons. The Morgan fingerprint density at radius 2 is 1.90 bits per heavy atom. The first kappa shape index (κ1) is 19.0. The van der Waals surface area contributed by atoms with E-state index in [0.717, 1.165) is 20.7 Å². The van der Waals surface area contributed by atoms with E-state index in [1.807, 2.05) is 54.6 Å². The van der Waals surface area contributed by atoms with Crippen LogP contribution in [0.3, 0.4) is 0 Å². The summed E-state index contributed by atoms with van der Waals surface area (Å²) in [6.07, 6.45) is 1.91. The van der Waals surface area contributed by atoms with Crippen molar-refractivity contribution < 1.29 is 5.11 Å². The maximum absolute atomic E-state index is 12.6. The van der Waals surface area contributed by atoms with E-state index < -0.39 is 17.1 Å². The highest BCUT2D eigenvalue weighted by Gasteiger charge is 2.26. The second-order valence-corrected chi connectivity index (χ2v) is 7.85. The van der Waals surface area contributed by atoms with Crippen LogP contribution in [0, 0.1) is 0 Å². The molecule has 7 heteroatoms. The average Bonchev–Trinajstić information content (AvgIpc) is 2.91. The lowest BCUT2D eigenvalue weighted by Crippen LogP contribution is -2.34. The number of rotatable bonds is 4. The third-order valence-corrected chi connectivity index (χ3v) is 6.03. The molecule has 0 fully saturated rings. The van der Waals surface area contributed by atoms with Crippen molar-refractivity contribution in [2.45, 2.75) is 23.1 Å². The van der Waals surface area contributed by atoms with E-state index in [0.29, 0.717) is 12.1 Å². The molecular weight excluding hydrogens is 386 g/mol. The number of aromatic nitrogens is 2. The highest BCUT2D eigenvalue weighted by atomic mass is 32.2. The van der Waals surface area contributed by atoms with Crippen molar-refractivity contribution in [1.82, 2.24) is 9.55 Å². The second kappa shape index (κ2) is 7.97. The molecular formula is C22H19N3O3S. The molecule has 1 aliphatic heterocycles. The predicted octanol–water partition coefficient (Wildman–Crippen LogP) is 3.79. The lowest BCUT2D eigenvalue weighted by atomic mass is 10.0. The number of hydrogen-bond acceptors (Lipinski definition) is 5. The first-order chi connectivity index (χ1) is 14.1. The van der Waals surface area contributed by atoms with Gasteiger partial charge in [0.05, 0.1) is 11.4 Å². The van der Waals surface area contributed by atoms with Crippen molar-refractivity contribution in [3.63, 3.8) is 0 Å². The fourth-order valence-electron chi connectivity index (χ4n) is 3.34. The van der Waals surface area contributed by atoms with Crippen molar-refractivity contribution in [2.75, 3.05) is 0 Å². The quantitative estimate of drug-likeness (QED) is 0.647. The van der Waals surface area contributed by atoms with E-state index in [1.165, 1.54) is 6.08 Å². The number of H-pyrrole nitrogens is 1. The summed E-state index contributed by atoms with van der Waals surface area (Å²) >= 11 is 1.67. The standard InChI is InChI=1S/C22H19N3O3S/c1-2-12-25-21(27)19(20(26)24-22(25)28)16-13-18(14-8-4-3-5-9-14)29-17-11-7-6-10-15(17)23-16/h2-11,18,27H,1,12-13H2,(H,24,26,28)/t18-/m1/s1. The normalized spacial score (nSPS) is 15.9. The zero-order valence-corrected chi connectivity index (χ0v) is 16.4. The molecule has 29 heavy (non-hydrogen) atoms. The lowest BCUT2D eigenvalue weighted by molar-refractivity contribution is 0.409. The summed E-state index contributed by atoms with van der Waals surface area (Å²) < 4.78 is 1.08. The Hall–Kier alpha value is -3.32. The van der Waals surface area contributed by atoms with Gasteiger partial charge >= 0.3 is 5.69 Å². The van der Waals surface area contributed by atoms with Crippen molar-refractivity contribution >= 4 is 23.2 Å². The van der Waals surface area contributed by atoms with Crippen molar-refractivity contribution in [1.29, 1.82) is 0 Å². The Morgan fingerprint density at radius 3 is 2.66 bits per heavy atom. The molecule has 1 aromatic heterocycles. The molecule has 2 heterocycles. The number of nitrogens with zero attached hydrogens (tertiary/aromatic N) is 2. The van der Waals surface area contributed by atoms with E-state index in [1.54, 1.807) is 11.8 Å². The topological polar surface area (TPSA) is 87.4 Å². The predicted molar refractivity (Wildman–Crippen MR) is 115 cm³/mol. The fourth-order valence-corrected chi connectivity index (χ4v) is 4.57. The molecule has 0 spiro atoms. The Kier molecular flexibility index (Phi) is 5.22. The highest BCUT2D eigenvalue weighted by Crippen LogP contribution is 2.45. The monoisotopic (exact) mass is 405 g/mol. The molecule has 2 N–H and O–H groups in total. The van der Waals surface area contributed by atoms with Gasteiger partial charge in [0.2, 0.25) is 5.88 Å². The van der Waals surface area contributed by atoms with Gasteiger partial charge in [0.15, 0.2) is 0 Å². The number of allylic oxidation sites excluding steroid dienone is 1. The van der Waals surface area contributed by atoms with Crippen molar-refractivity contribution in [3.8, 4) is 5.88 Å². The molecule has 0 saturated heterocycles. The fraction of sp³-hybridized carbons (Fsp3) is 0.136. The van der Waals surface area contributed by atoms with Crippen LogP contribution in [0.2, 0.25) is 0 Å². The van der Waals surface area contributed by atoms with Gasteiger partial charge in [-0.3, -0.25) is 19.3 Å². The van der Waals surface area contributed by atoms with Gasteiger partial charge in [-0.25, -0.2) is 4.79 Å². The molecule has 3 aromatic rings. The number of fused-ring (bicyclic) bond motifs is 1. The third kappa shape index (κ3) is 3.69. The van der Waals surface area contributed by atoms with Crippen LogP contribution in [0.5, 0.6) is 5.88 Å². The van der Waals surface area contributed by atoms with Crippen molar-refractivity contribution in [2.24, 2.45) is 4.99 Å². The van der Waals surface area contributed by atoms with E-state index >= 15 is 0 Å². The minimum Gasteiger partial charge on any atom is -0.494 e. The molecule has 0 aliphatic carbocycles. The molecule has 0 unspecified atom stereocenters. The summed E-state index contributed by atoms with van der Waals surface area (Å²) in [7, 11) is 0. The maximum atomic E-state index is 12.6. The summed E-state index contributed by atoms with van der Waals surface area (Å²) in [6.45, 7) is 3.68. The van der Waals surface area contributed by atoms with E-state index in [4.69, 9.17) is 4.99 Å². The Balaban J connectivity index is 1.92. The Morgan fingerprint density at radius 1 is 1.17 bits per heavy atom. The van der Waals surface area contributed by atoms with Crippen LogP contribution < -0.4 is 11.2 Å². The molecule has 0 bridgehead atoms. The summed E-state index contributed by atoms with van der Waals surface area (Å²) in [5.74, 6) is -0.395. The summed E-state index contributed by atoms with van der Waals surface area (Å²) in [5.41, 5.74) is 0.948. The van der Waals surface area contributed by atoms with E-state index in [9.17, 15) is 14.7 Å².